The number of benzene rings is 3. The lowest BCUT2D eigenvalue weighted by Crippen LogP contribution is -2.26. The Labute approximate surface area is 178 Å². The van der Waals surface area contributed by atoms with Gasteiger partial charge in [0.25, 0.3) is 0 Å². The minimum atomic E-state index is -0.432. The number of alkyl carbamates (subject to hydrolysis) is 1. The van der Waals surface area contributed by atoms with Gasteiger partial charge in [-0.1, -0.05) is 76.6 Å². The van der Waals surface area contributed by atoms with Gasteiger partial charge >= 0.3 is 6.09 Å². The van der Waals surface area contributed by atoms with Crippen molar-refractivity contribution in [3.8, 4) is 11.1 Å². The fourth-order valence-electron chi connectivity index (χ4n) is 3.67. The van der Waals surface area contributed by atoms with E-state index in [2.05, 4.69) is 45.5 Å². The lowest BCUT2D eigenvalue weighted by molar-refractivity contribution is 0.144. The summed E-state index contributed by atoms with van der Waals surface area (Å²) in [6.07, 6.45) is 3.29. The first-order chi connectivity index (χ1) is 14.1. The minimum absolute atomic E-state index is 0.0603. The molecule has 0 heterocycles. The average Bonchev–Trinajstić information content (AvgIpc) is 3.06. The first-order valence-corrected chi connectivity index (χ1v) is 10.2. The van der Waals surface area contributed by atoms with Crippen LogP contribution >= 0.6 is 15.9 Å². The third kappa shape index (κ3) is 4.20. The van der Waals surface area contributed by atoms with Crippen molar-refractivity contribution >= 4 is 33.8 Å². The second kappa shape index (κ2) is 8.53. The molecule has 5 heteroatoms. The first kappa shape index (κ1) is 19.3. The lowest BCUT2D eigenvalue weighted by Gasteiger charge is -2.14. The van der Waals surface area contributed by atoms with Gasteiger partial charge in [-0.05, 0) is 46.0 Å². The Balaban J connectivity index is 1.34. The van der Waals surface area contributed by atoms with Gasteiger partial charge in [0, 0.05) is 22.6 Å². The Morgan fingerprint density at radius 1 is 1.03 bits per heavy atom. The molecule has 146 valence electrons. The van der Waals surface area contributed by atoms with E-state index in [0.29, 0.717) is 18.8 Å². The van der Waals surface area contributed by atoms with Crippen LogP contribution in [0.4, 0.5) is 10.5 Å². The fraction of sp³-hybridized carbons (Fsp3) is 0.125. The van der Waals surface area contributed by atoms with E-state index >= 15 is 0 Å². The number of carbonyl (C=O) groups excluding carboxylic acids is 1. The Bertz CT molecular complexity index is 1030. The van der Waals surface area contributed by atoms with Crippen molar-refractivity contribution in [2.45, 2.75) is 5.92 Å². The van der Waals surface area contributed by atoms with E-state index in [0.717, 1.165) is 10.0 Å². The minimum Gasteiger partial charge on any atom is -0.449 e. The van der Waals surface area contributed by atoms with Crippen molar-refractivity contribution in [3.05, 3.63) is 94.0 Å². The number of carbonyl (C=O) groups is 1. The van der Waals surface area contributed by atoms with Crippen LogP contribution in [0.2, 0.25) is 0 Å². The molecule has 0 aliphatic heterocycles. The van der Waals surface area contributed by atoms with E-state index in [1.807, 2.05) is 54.6 Å². The van der Waals surface area contributed by atoms with Crippen LogP contribution in [0, 0.1) is 0 Å². The zero-order chi connectivity index (χ0) is 20.2. The predicted octanol–water partition coefficient (Wildman–Crippen LogP) is 5.58. The molecule has 0 saturated carbocycles. The van der Waals surface area contributed by atoms with Gasteiger partial charge in [0.1, 0.15) is 6.61 Å². The van der Waals surface area contributed by atoms with Crippen molar-refractivity contribution in [3.63, 3.8) is 0 Å². The SMILES string of the molecule is Nc1ccc(Br)cc1C=CCNC(=O)OCC1c2ccccc2-c2ccccc21. The number of ether oxygens (including phenoxy) is 1. The summed E-state index contributed by atoms with van der Waals surface area (Å²) >= 11 is 3.43. The summed E-state index contributed by atoms with van der Waals surface area (Å²) < 4.78 is 6.47. The van der Waals surface area contributed by atoms with Crippen LogP contribution in [0.25, 0.3) is 17.2 Å². The number of amides is 1. The van der Waals surface area contributed by atoms with Gasteiger partial charge in [-0.25, -0.2) is 4.79 Å². The number of halogens is 1. The zero-order valence-electron chi connectivity index (χ0n) is 15.8. The number of hydrogen-bond donors (Lipinski definition) is 2. The molecule has 29 heavy (non-hydrogen) atoms. The molecule has 0 bridgehead atoms. The summed E-state index contributed by atoms with van der Waals surface area (Å²) in [4.78, 5) is 12.2. The maximum atomic E-state index is 12.2. The van der Waals surface area contributed by atoms with Crippen LogP contribution in [0.3, 0.4) is 0 Å². The van der Waals surface area contributed by atoms with Crippen molar-refractivity contribution in [2.24, 2.45) is 0 Å². The molecular weight excluding hydrogens is 428 g/mol. The van der Waals surface area contributed by atoms with E-state index in [4.69, 9.17) is 10.5 Å². The summed E-state index contributed by atoms with van der Waals surface area (Å²) in [5.41, 5.74) is 12.4. The van der Waals surface area contributed by atoms with Gasteiger partial charge in [-0.3, -0.25) is 0 Å². The molecule has 4 rings (SSSR count). The van der Waals surface area contributed by atoms with E-state index in [9.17, 15) is 4.79 Å². The highest BCUT2D eigenvalue weighted by molar-refractivity contribution is 9.10. The number of rotatable bonds is 5. The quantitative estimate of drug-likeness (QED) is 0.500. The van der Waals surface area contributed by atoms with Crippen molar-refractivity contribution in [2.75, 3.05) is 18.9 Å². The Kier molecular flexibility index (Phi) is 5.67. The Hall–Kier alpha value is -3.05. The van der Waals surface area contributed by atoms with Crippen LogP contribution in [0.5, 0.6) is 0 Å². The molecule has 3 aromatic carbocycles. The van der Waals surface area contributed by atoms with Gasteiger partial charge in [0.2, 0.25) is 0 Å². The lowest BCUT2D eigenvalue weighted by atomic mass is 9.98. The van der Waals surface area contributed by atoms with E-state index < -0.39 is 6.09 Å². The van der Waals surface area contributed by atoms with Crippen LogP contribution in [-0.4, -0.2) is 19.2 Å². The van der Waals surface area contributed by atoms with Crippen molar-refractivity contribution in [1.82, 2.24) is 5.32 Å². The molecule has 4 nitrogen and oxygen atoms in total. The van der Waals surface area contributed by atoms with Gasteiger partial charge in [-0.15, -0.1) is 0 Å². The van der Waals surface area contributed by atoms with Gasteiger partial charge in [-0.2, -0.15) is 0 Å². The highest BCUT2D eigenvalue weighted by Gasteiger charge is 2.28. The maximum Gasteiger partial charge on any atom is 0.407 e. The molecule has 0 spiro atoms. The number of fused-ring (bicyclic) bond motifs is 3. The molecule has 1 amide bonds. The molecular formula is C24H21BrN2O2. The highest BCUT2D eigenvalue weighted by Crippen LogP contribution is 2.44. The first-order valence-electron chi connectivity index (χ1n) is 9.44. The third-order valence-corrected chi connectivity index (χ3v) is 5.55. The molecule has 0 unspecified atom stereocenters. The molecule has 0 saturated heterocycles. The topological polar surface area (TPSA) is 64.3 Å². The largest absolute Gasteiger partial charge is 0.449 e. The molecule has 1 aliphatic carbocycles. The van der Waals surface area contributed by atoms with E-state index in [1.165, 1.54) is 22.3 Å². The third-order valence-electron chi connectivity index (χ3n) is 5.05. The summed E-state index contributed by atoms with van der Waals surface area (Å²) in [5.74, 6) is 0.0603. The molecule has 0 aromatic heterocycles. The molecule has 0 fully saturated rings. The zero-order valence-corrected chi connectivity index (χ0v) is 17.4. The smallest absolute Gasteiger partial charge is 0.407 e. The van der Waals surface area contributed by atoms with Gasteiger partial charge < -0.3 is 15.8 Å². The standard InChI is InChI=1S/C24H21BrN2O2/c25-17-11-12-23(26)16(14-17)6-5-13-27-24(28)29-15-22-20-9-3-1-7-18(20)19-8-2-4-10-21(19)22/h1-12,14,22H,13,15,26H2,(H,27,28). The summed E-state index contributed by atoms with van der Waals surface area (Å²) in [6.45, 7) is 0.671. The monoisotopic (exact) mass is 448 g/mol. The molecule has 3 aromatic rings. The number of nitrogens with one attached hydrogen (secondary N) is 1. The number of nitrogens with two attached hydrogens (primary N) is 1. The predicted molar refractivity (Wildman–Crippen MR) is 121 cm³/mol. The maximum absolute atomic E-state index is 12.2. The number of hydrogen-bond acceptors (Lipinski definition) is 3. The van der Waals surface area contributed by atoms with Crippen molar-refractivity contribution < 1.29 is 9.53 Å². The Morgan fingerprint density at radius 3 is 2.38 bits per heavy atom. The van der Waals surface area contributed by atoms with Crippen LogP contribution in [0.15, 0.2) is 77.3 Å². The average molecular weight is 449 g/mol. The van der Waals surface area contributed by atoms with Crippen LogP contribution in [-0.2, 0) is 4.74 Å². The number of nitrogen functional groups attached to an aromatic ring is 1. The van der Waals surface area contributed by atoms with Crippen LogP contribution in [0.1, 0.15) is 22.6 Å². The molecule has 0 radical (unpaired) electrons. The Morgan fingerprint density at radius 2 is 1.69 bits per heavy atom. The molecule has 1 aliphatic rings. The second-order valence-corrected chi connectivity index (χ2v) is 7.80. The number of anilines is 1. The van der Waals surface area contributed by atoms with E-state index in [1.54, 1.807) is 0 Å². The van der Waals surface area contributed by atoms with Crippen LogP contribution < -0.4 is 11.1 Å². The van der Waals surface area contributed by atoms with Gasteiger partial charge in [0.15, 0.2) is 0 Å². The van der Waals surface area contributed by atoms with E-state index in [-0.39, 0.29) is 5.92 Å². The van der Waals surface area contributed by atoms with Crippen molar-refractivity contribution in [1.29, 1.82) is 0 Å². The normalized spacial score (nSPS) is 12.6. The molecule has 0 atom stereocenters. The molecule has 3 N–H and O–H groups in total. The van der Waals surface area contributed by atoms with Gasteiger partial charge in [0.05, 0.1) is 0 Å². The highest BCUT2D eigenvalue weighted by atomic mass is 79.9. The summed E-state index contributed by atoms with van der Waals surface area (Å²) in [7, 11) is 0. The second-order valence-electron chi connectivity index (χ2n) is 6.88. The fourth-order valence-corrected chi connectivity index (χ4v) is 4.05. The summed E-state index contributed by atoms with van der Waals surface area (Å²) in [5, 5.41) is 2.76. The summed E-state index contributed by atoms with van der Waals surface area (Å²) in [6, 6.07) is 22.2.